The van der Waals surface area contributed by atoms with Crippen LogP contribution in [0.1, 0.15) is 48.6 Å². The predicted octanol–water partition coefficient (Wildman–Crippen LogP) is 3.01. The van der Waals surface area contributed by atoms with E-state index in [9.17, 15) is 29.1 Å². The lowest BCUT2D eigenvalue weighted by Crippen LogP contribution is -2.64. The van der Waals surface area contributed by atoms with E-state index in [2.05, 4.69) is 32.0 Å². The molecule has 0 radical (unpaired) electrons. The van der Waals surface area contributed by atoms with Gasteiger partial charge in [-0.25, -0.2) is 10.6 Å². The Labute approximate surface area is 406 Å². The van der Waals surface area contributed by atoms with Crippen molar-refractivity contribution in [2.24, 2.45) is 5.84 Å². The second kappa shape index (κ2) is 24.9. The monoisotopic (exact) mass is 958 g/mol. The Hall–Kier alpha value is -7.70. The number of carbonyl (C=O) groups is 7. The van der Waals surface area contributed by atoms with E-state index in [1.54, 1.807) is 112 Å². The number of ether oxygens (including phenoxy) is 1. The Balaban J connectivity index is 1.55. The molecule has 3 unspecified atom stereocenters. The van der Waals surface area contributed by atoms with Crippen molar-refractivity contribution in [1.82, 2.24) is 36.9 Å². The van der Waals surface area contributed by atoms with Gasteiger partial charge in [0, 0.05) is 18.6 Å². The van der Waals surface area contributed by atoms with Crippen LogP contribution >= 0.6 is 12.6 Å². The lowest BCUT2D eigenvalue weighted by atomic mass is 9.74. The van der Waals surface area contributed by atoms with Gasteiger partial charge >= 0.3 is 6.09 Å². The zero-order valence-corrected chi connectivity index (χ0v) is 39.4. The quantitative estimate of drug-likeness (QED) is 0.0171. The number of phenols is 1. The molecule has 362 valence electrons. The minimum atomic E-state index is -1.60. The van der Waals surface area contributed by atoms with Crippen LogP contribution in [0.3, 0.4) is 0 Å². The molecule has 0 spiro atoms. The number of hydrogen-bond acceptors (Lipinski definition) is 11. The van der Waals surface area contributed by atoms with Crippen LogP contribution in [0.4, 0.5) is 4.79 Å². The van der Waals surface area contributed by atoms with Gasteiger partial charge in [0.1, 0.15) is 41.6 Å². The number of amides is 7. The van der Waals surface area contributed by atoms with Crippen LogP contribution in [0.2, 0.25) is 0 Å². The lowest BCUT2D eigenvalue weighted by molar-refractivity contribution is -0.145. The molecule has 0 saturated carbocycles. The van der Waals surface area contributed by atoms with Gasteiger partial charge in [0.25, 0.3) is 5.91 Å². The molecular weight excluding hydrogens is 901 g/mol. The number of nitrogens with two attached hydrogens (primary N) is 1. The number of thiol groups is 1. The largest absolute Gasteiger partial charge is 0.508 e. The van der Waals surface area contributed by atoms with Crippen molar-refractivity contribution in [3.63, 3.8) is 0 Å². The molecule has 0 aromatic heterocycles. The molecule has 0 aliphatic carbocycles. The molecule has 17 nitrogen and oxygen atoms in total. The third kappa shape index (κ3) is 14.6. The molecule has 0 heterocycles. The fourth-order valence-corrected chi connectivity index (χ4v) is 7.97. The molecule has 69 heavy (non-hydrogen) atoms. The van der Waals surface area contributed by atoms with Crippen molar-refractivity contribution < 1.29 is 43.4 Å². The minimum Gasteiger partial charge on any atom is -0.508 e. The van der Waals surface area contributed by atoms with Crippen molar-refractivity contribution in [2.45, 2.75) is 62.9 Å². The standard InChI is InChI=1S/C51H58N8O9S/c1-50(2,3)68-49(67)55-31-44(62)53-30-43(61)54-32-45(63)59(51(36-18-10-5-11-19-36,37-20-12-6-13-21-37)38-22-14-7-15-23-38)42(33-69)48(66)57-40(29-35-24-26-39(60)27-25-35)46(64)56-41(47(65)58-52)28-34-16-8-4-9-17-34/h4-27,40-42,60,69H,28-33,52H2,1-3H3,(H,53,62)(H,54,61)(H,55,67)(H,56,64)(H,57,66)(H,58,65). The van der Waals surface area contributed by atoms with E-state index in [4.69, 9.17) is 23.2 Å². The molecule has 5 aromatic carbocycles. The topological polar surface area (TPSA) is 250 Å². The molecular formula is C51H58N8O9S. The van der Waals surface area contributed by atoms with Crippen LogP contribution < -0.4 is 37.9 Å². The van der Waals surface area contributed by atoms with Crippen molar-refractivity contribution >= 4 is 54.2 Å². The van der Waals surface area contributed by atoms with E-state index in [-0.39, 0.29) is 24.3 Å². The van der Waals surface area contributed by atoms with Gasteiger partial charge < -0.3 is 41.3 Å². The summed E-state index contributed by atoms with van der Waals surface area (Å²) in [6.07, 6.45) is -0.889. The molecule has 9 N–H and O–H groups in total. The maximum atomic E-state index is 15.3. The lowest BCUT2D eigenvalue weighted by Gasteiger charge is -2.48. The van der Waals surface area contributed by atoms with Gasteiger partial charge in [-0.15, -0.1) is 0 Å². The highest BCUT2D eigenvalue weighted by molar-refractivity contribution is 7.80. The van der Waals surface area contributed by atoms with Gasteiger partial charge in [-0.3, -0.25) is 34.2 Å². The second-order valence-electron chi connectivity index (χ2n) is 16.9. The average Bonchev–Trinajstić information content (AvgIpc) is 3.35. The molecule has 18 heteroatoms. The van der Waals surface area contributed by atoms with Crippen LogP contribution in [0.25, 0.3) is 0 Å². The van der Waals surface area contributed by atoms with E-state index in [1.165, 1.54) is 17.0 Å². The van der Waals surface area contributed by atoms with Crippen LogP contribution in [-0.4, -0.2) is 101 Å². The predicted molar refractivity (Wildman–Crippen MR) is 262 cm³/mol. The highest BCUT2D eigenvalue weighted by atomic mass is 32.1. The zero-order valence-electron chi connectivity index (χ0n) is 38.5. The third-order valence-corrected chi connectivity index (χ3v) is 11.1. The summed E-state index contributed by atoms with van der Waals surface area (Å²) >= 11 is 4.69. The number of alkyl carbamates (subject to hydrolysis) is 1. The number of hydrogen-bond donors (Lipinski definition) is 9. The van der Waals surface area contributed by atoms with Gasteiger partial charge in [0.2, 0.25) is 29.5 Å². The molecule has 0 aliphatic heterocycles. The van der Waals surface area contributed by atoms with Crippen molar-refractivity contribution in [3.8, 4) is 5.75 Å². The van der Waals surface area contributed by atoms with Gasteiger partial charge in [0.15, 0.2) is 0 Å². The number of phenolic OH excluding ortho intramolecular Hbond substituents is 1. The van der Waals surface area contributed by atoms with Gasteiger partial charge in [-0.2, -0.15) is 12.6 Å². The molecule has 7 amide bonds. The van der Waals surface area contributed by atoms with E-state index < -0.39 is 90.4 Å². The van der Waals surface area contributed by atoms with Crippen molar-refractivity contribution in [1.29, 1.82) is 0 Å². The maximum absolute atomic E-state index is 15.3. The Bertz CT molecular complexity index is 2420. The minimum absolute atomic E-state index is 0.0284. The first kappa shape index (κ1) is 52.3. The Morgan fingerprint density at radius 3 is 1.46 bits per heavy atom. The first-order valence-corrected chi connectivity index (χ1v) is 22.7. The summed E-state index contributed by atoms with van der Waals surface area (Å²) in [5.41, 5.74) is 2.62. The van der Waals surface area contributed by atoms with Crippen molar-refractivity contribution in [2.75, 3.05) is 25.4 Å². The molecule has 3 atom stereocenters. The molecule has 0 saturated heterocycles. The molecule has 0 fully saturated rings. The summed E-state index contributed by atoms with van der Waals surface area (Å²) in [4.78, 5) is 97.4. The molecule has 0 aliphatic rings. The van der Waals surface area contributed by atoms with Crippen LogP contribution in [0, 0.1) is 0 Å². The van der Waals surface area contributed by atoms with E-state index >= 15 is 9.59 Å². The van der Waals surface area contributed by atoms with E-state index in [1.807, 2.05) is 42.5 Å². The maximum Gasteiger partial charge on any atom is 0.408 e. The van der Waals surface area contributed by atoms with Gasteiger partial charge in [0.05, 0.1) is 13.1 Å². The summed E-state index contributed by atoms with van der Waals surface area (Å²) in [6.45, 7) is 3.27. The molecule has 0 bridgehead atoms. The van der Waals surface area contributed by atoms with Gasteiger partial charge in [-0.05, 0) is 60.7 Å². The van der Waals surface area contributed by atoms with E-state index in [0.29, 0.717) is 22.3 Å². The molecule has 5 rings (SSSR count). The highest BCUT2D eigenvalue weighted by Gasteiger charge is 2.49. The Kier molecular flexibility index (Phi) is 18.9. The fraction of sp³-hybridized carbons (Fsp3) is 0.275. The number of aromatic hydroxyl groups is 1. The summed E-state index contributed by atoms with van der Waals surface area (Å²) in [5, 5.41) is 22.9. The summed E-state index contributed by atoms with van der Waals surface area (Å²) in [7, 11) is 0. The van der Waals surface area contributed by atoms with Crippen LogP contribution in [0.5, 0.6) is 5.75 Å². The fourth-order valence-electron chi connectivity index (χ4n) is 7.64. The highest BCUT2D eigenvalue weighted by Crippen LogP contribution is 2.44. The van der Waals surface area contributed by atoms with E-state index in [0.717, 1.165) is 5.56 Å². The molecule has 5 aromatic rings. The van der Waals surface area contributed by atoms with Gasteiger partial charge in [-0.1, -0.05) is 133 Å². The van der Waals surface area contributed by atoms with Crippen LogP contribution in [0.15, 0.2) is 146 Å². The zero-order chi connectivity index (χ0) is 50.0. The average molecular weight is 959 g/mol. The second-order valence-corrected chi connectivity index (χ2v) is 17.2. The summed E-state index contributed by atoms with van der Waals surface area (Å²) in [6, 6.07) is 37.9. The number of hydrazine groups is 1. The summed E-state index contributed by atoms with van der Waals surface area (Å²) in [5.74, 6) is 0.745. The summed E-state index contributed by atoms with van der Waals surface area (Å²) < 4.78 is 5.15. The first-order chi connectivity index (χ1) is 33.0. The first-order valence-electron chi connectivity index (χ1n) is 22.1. The number of carbonyl (C=O) groups excluding carboxylic acids is 7. The Morgan fingerprint density at radius 1 is 0.580 bits per heavy atom. The number of benzene rings is 5. The number of nitrogens with zero attached hydrogens (tertiary/aromatic N) is 1. The number of nitrogens with one attached hydrogen (secondary N) is 6. The normalized spacial score (nSPS) is 12.5. The van der Waals surface area contributed by atoms with Crippen LogP contribution in [-0.2, 0) is 51.9 Å². The smallest absolute Gasteiger partial charge is 0.408 e. The Morgan fingerprint density at radius 2 is 1.00 bits per heavy atom. The SMILES string of the molecule is CC(C)(C)OC(=O)NCC(=O)NCC(=O)NCC(=O)N(C(CS)C(=O)NC(Cc1ccc(O)cc1)C(=O)NC(Cc1ccccc1)C(=O)NN)C(c1ccccc1)(c1ccccc1)c1ccccc1. The van der Waals surface area contributed by atoms with Crippen molar-refractivity contribution in [3.05, 3.63) is 173 Å². The third-order valence-electron chi connectivity index (χ3n) is 10.7. The number of rotatable bonds is 21.